The van der Waals surface area contributed by atoms with E-state index in [1.165, 1.54) is 25.0 Å². The molecule has 1 aliphatic heterocycles. The van der Waals surface area contributed by atoms with E-state index in [1.54, 1.807) is 6.20 Å². The second-order valence-electron chi connectivity index (χ2n) is 8.48. The largest absolute Gasteiger partial charge is 0.366 e. The minimum atomic E-state index is -0.537. The molecule has 2 aromatic heterocycles. The molecular formula is C23H25F2N5. The number of likely N-dealkylation sites (tertiary alicyclic amines) is 1. The number of anilines is 1. The molecule has 7 heteroatoms. The first-order chi connectivity index (χ1) is 14.5. The third-order valence-electron chi connectivity index (χ3n) is 6.02. The number of benzene rings is 1. The molecule has 3 heterocycles. The van der Waals surface area contributed by atoms with E-state index in [1.807, 2.05) is 13.0 Å². The first kappa shape index (κ1) is 19.3. The van der Waals surface area contributed by atoms with Gasteiger partial charge in [-0.05, 0) is 57.8 Å². The highest BCUT2D eigenvalue weighted by atomic mass is 19.1. The van der Waals surface area contributed by atoms with Crippen LogP contribution in [-0.2, 0) is 6.54 Å². The van der Waals surface area contributed by atoms with E-state index in [2.05, 4.69) is 15.2 Å². The number of nitrogens with one attached hydrogen (secondary N) is 1. The Balaban J connectivity index is 1.34. The number of aromatic nitrogens is 3. The molecule has 2 fully saturated rings. The minimum Gasteiger partial charge on any atom is -0.366 e. The second-order valence-corrected chi connectivity index (χ2v) is 8.48. The molecule has 1 saturated heterocycles. The van der Waals surface area contributed by atoms with E-state index in [0.717, 1.165) is 60.2 Å². The summed E-state index contributed by atoms with van der Waals surface area (Å²) in [5.74, 6) is 0.193. The Morgan fingerprint density at radius 1 is 1.03 bits per heavy atom. The molecule has 0 radical (unpaired) electrons. The maximum Gasteiger partial charge on any atom is 0.149 e. The summed E-state index contributed by atoms with van der Waals surface area (Å²) in [5, 5.41) is 3.56. The predicted molar refractivity (Wildman–Crippen MR) is 112 cm³/mol. The second kappa shape index (κ2) is 7.87. The van der Waals surface area contributed by atoms with Crippen molar-refractivity contribution >= 4 is 16.9 Å². The lowest BCUT2D eigenvalue weighted by Crippen LogP contribution is -2.33. The lowest BCUT2D eigenvalue weighted by atomic mass is 9.92. The molecule has 5 nitrogen and oxygen atoms in total. The lowest BCUT2D eigenvalue weighted by Gasteiger charge is -2.32. The Hall–Kier alpha value is -2.67. The summed E-state index contributed by atoms with van der Waals surface area (Å²) in [5.41, 5.74) is 4.19. The zero-order chi connectivity index (χ0) is 20.7. The van der Waals surface area contributed by atoms with Gasteiger partial charge in [0.2, 0.25) is 0 Å². The van der Waals surface area contributed by atoms with Gasteiger partial charge in [-0.2, -0.15) is 0 Å². The van der Waals surface area contributed by atoms with Gasteiger partial charge in [0.05, 0.1) is 17.4 Å². The first-order valence-corrected chi connectivity index (χ1v) is 10.6. The Morgan fingerprint density at radius 3 is 2.57 bits per heavy atom. The molecule has 1 N–H and O–H groups in total. The van der Waals surface area contributed by atoms with Gasteiger partial charge in [0.1, 0.15) is 23.0 Å². The number of aryl methyl sites for hydroxylation is 1. The van der Waals surface area contributed by atoms with Crippen LogP contribution in [0.2, 0.25) is 0 Å². The van der Waals surface area contributed by atoms with E-state index in [4.69, 9.17) is 9.97 Å². The van der Waals surface area contributed by atoms with Gasteiger partial charge < -0.3 is 5.32 Å². The summed E-state index contributed by atoms with van der Waals surface area (Å²) in [6, 6.07) is 6.29. The SMILES string of the molecule is Cc1cc2nc(NC3CC3)c(C3CCN(Cc4ccc(F)cc4F)CC3)nc2cn1. The van der Waals surface area contributed by atoms with Crippen LogP contribution in [0.3, 0.4) is 0 Å². The van der Waals surface area contributed by atoms with Gasteiger partial charge in [0, 0.05) is 35.8 Å². The van der Waals surface area contributed by atoms with Crippen molar-refractivity contribution in [2.24, 2.45) is 0 Å². The van der Waals surface area contributed by atoms with Crippen LogP contribution in [0.15, 0.2) is 30.5 Å². The van der Waals surface area contributed by atoms with Crippen LogP contribution in [0.4, 0.5) is 14.6 Å². The van der Waals surface area contributed by atoms with Crippen molar-refractivity contribution in [3.8, 4) is 0 Å². The quantitative estimate of drug-likeness (QED) is 0.669. The van der Waals surface area contributed by atoms with E-state index in [9.17, 15) is 8.78 Å². The van der Waals surface area contributed by atoms with Crippen LogP contribution in [0.1, 0.15) is 48.6 Å². The van der Waals surface area contributed by atoms with E-state index < -0.39 is 11.6 Å². The lowest BCUT2D eigenvalue weighted by molar-refractivity contribution is 0.201. The van der Waals surface area contributed by atoms with Gasteiger partial charge >= 0.3 is 0 Å². The molecule has 0 spiro atoms. The molecule has 1 aromatic carbocycles. The van der Waals surface area contributed by atoms with Crippen LogP contribution in [0, 0.1) is 18.6 Å². The number of nitrogens with zero attached hydrogens (tertiary/aromatic N) is 4. The molecule has 0 atom stereocenters. The molecule has 30 heavy (non-hydrogen) atoms. The molecule has 3 aromatic rings. The average molecular weight is 409 g/mol. The maximum absolute atomic E-state index is 14.0. The predicted octanol–water partition coefficient (Wildman–Crippen LogP) is 4.57. The normalized spacial score (nSPS) is 18.1. The third-order valence-corrected chi connectivity index (χ3v) is 6.02. The fourth-order valence-corrected chi connectivity index (χ4v) is 4.14. The van der Waals surface area contributed by atoms with Gasteiger partial charge in [-0.15, -0.1) is 0 Å². The molecule has 1 aliphatic carbocycles. The molecule has 0 bridgehead atoms. The van der Waals surface area contributed by atoms with Gasteiger partial charge in [0.15, 0.2) is 0 Å². The Kier molecular flexibility index (Phi) is 5.06. The van der Waals surface area contributed by atoms with Crippen LogP contribution >= 0.6 is 0 Å². The standard InChI is InChI=1S/C23H25F2N5/c1-14-10-20-21(12-26-14)28-22(23(29-20)27-18-4-5-18)15-6-8-30(9-7-15)13-16-2-3-17(24)11-19(16)25/h2-3,10-12,15,18H,4-9,13H2,1H3,(H,27,29). The number of piperidine rings is 1. The highest BCUT2D eigenvalue weighted by Gasteiger charge is 2.28. The zero-order valence-electron chi connectivity index (χ0n) is 17.0. The molecular weight excluding hydrogens is 384 g/mol. The van der Waals surface area contributed by atoms with Gasteiger partial charge in [0.25, 0.3) is 0 Å². The summed E-state index contributed by atoms with van der Waals surface area (Å²) in [4.78, 5) is 16.4. The summed E-state index contributed by atoms with van der Waals surface area (Å²) in [7, 11) is 0. The maximum atomic E-state index is 14.0. The molecule has 0 unspecified atom stereocenters. The van der Waals surface area contributed by atoms with Crippen molar-refractivity contribution in [1.29, 1.82) is 0 Å². The molecule has 2 aliphatic rings. The van der Waals surface area contributed by atoms with Crippen molar-refractivity contribution in [1.82, 2.24) is 19.9 Å². The van der Waals surface area contributed by atoms with Crippen molar-refractivity contribution in [2.45, 2.75) is 51.1 Å². The summed E-state index contributed by atoms with van der Waals surface area (Å²) in [6.07, 6.45) is 6.02. The Morgan fingerprint density at radius 2 is 1.83 bits per heavy atom. The van der Waals surface area contributed by atoms with E-state index in [0.29, 0.717) is 24.1 Å². The van der Waals surface area contributed by atoms with Gasteiger partial charge in [-0.25, -0.2) is 18.7 Å². The fraction of sp³-hybridized carbons (Fsp3) is 0.435. The zero-order valence-corrected chi connectivity index (χ0v) is 17.0. The number of hydrogen-bond acceptors (Lipinski definition) is 5. The van der Waals surface area contributed by atoms with Crippen LogP contribution in [-0.4, -0.2) is 39.0 Å². The smallest absolute Gasteiger partial charge is 0.149 e. The Bertz CT molecular complexity index is 1070. The number of halogens is 2. The van der Waals surface area contributed by atoms with Crippen molar-refractivity contribution in [3.63, 3.8) is 0 Å². The highest BCUT2D eigenvalue weighted by molar-refractivity contribution is 5.76. The van der Waals surface area contributed by atoms with Crippen LogP contribution in [0.25, 0.3) is 11.0 Å². The minimum absolute atomic E-state index is 0.304. The van der Waals surface area contributed by atoms with E-state index >= 15 is 0 Å². The average Bonchev–Trinajstić information content (AvgIpc) is 3.54. The number of rotatable bonds is 5. The number of pyridine rings is 1. The summed E-state index contributed by atoms with van der Waals surface area (Å²) in [6.45, 7) is 4.15. The van der Waals surface area contributed by atoms with Crippen LogP contribution in [0.5, 0.6) is 0 Å². The van der Waals surface area contributed by atoms with Gasteiger partial charge in [-0.1, -0.05) is 6.07 Å². The molecule has 0 amide bonds. The highest BCUT2D eigenvalue weighted by Crippen LogP contribution is 2.35. The number of hydrogen-bond donors (Lipinski definition) is 1. The summed E-state index contributed by atoms with van der Waals surface area (Å²) < 4.78 is 27.2. The van der Waals surface area contributed by atoms with E-state index in [-0.39, 0.29) is 0 Å². The Labute approximate surface area is 174 Å². The molecule has 156 valence electrons. The topological polar surface area (TPSA) is 53.9 Å². The fourth-order valence-electron chi connectivity index (χ4n) is 4.14. The molecule has 1 saturated carbocycles. The van der Waals surface area contributed by atoms with Crippen molar-refractivity contribution in [2.75, 3.05) is 18.4 Å². The first-order valence-electron chi connectivity index (χ1n) is 10.6. The summed E-state index contributed by atoms with van der Waals surface area (Å²) >= 11 is 0. The number of fused-ring (bicyclic) bond motifs is 1. The van der Waals surface area contributed by atoms with Gasteiger partial charge in [-0.3, -0.25) is 9.88 Å². The third kappa shape index (κ3) is 4.12. The van der Waals surface area contributed by atoms with Crippen LogP contribution < -0.4 is 5.32 Å². The van der Waals surface area contributed by atoms with Crippen molar-refractivity contribution in [3.05, 3.63) is 59.0 Å². The molecule has 5 rings (SSSR count). The monoisotopic (exact) mass is 409 g/mol. The van der Waals surface area contributed by atoms with Crippen molar-refractivity contribution < 1.29 is 8.78 Å².